The van der Waals surface area contributed by atoms with Crippen molar-refractivity contribution in [3.05, 3.63) is 52.9 Å². The number of fused-ring (bicyclic) bond motifs is 1. The number of halogens is 1. The summed E-state index contributed by atoms with van der Waals surface area (Å²) in [4.78, 5) is 4.48. The van der Waals surface area contributed by atoms with Crippen LogP contribution in [0, 0.1) is 0 Å². The van der Waals surface area contributed by atoms with Gasteiger partial charge >= 0.3 is 0 Å². The van der Waals surface area contributed by atoms with Crippen LogP contribution in [0.4, 0.5) is 0 Å². The summed E-state index contributed by atoms with van der Waals surface area (Å²) in [7, 11) is 0. The predicted octanol–water partition coefficient (Wildman–Crippen LogP) is 5.21. The van der Waals surface area contributed by atoms with Crippen LogP contribution in [0.15, 0.2) is 47.3 Å². The Morgan fingerprint density at radius 3 is 2.50 bits per heavy atom. The number of nitrogens with zero attached hydrogens (tertiary/aromatic N) is 3. The molecule has 3 aromatic rings. The van der Waals surface area contributed by atoms with Crippen molar-refractivity contribution in [1.82, 2.24) is 14.6 Å². The third-order valence-electron chi connectivity index (χ3n) is 4.63. The second-order valence-corrected chi connectivity index (χ2v) is 6.91. The smallest absolute Gasteiger partial charge is 0.169 e. The highest BCUT2D eigenvalue weighted by Gasteiger charge is 2.15. The number of rotatable bonds is 2. The van der Waals surface area contributed by atoms with Crippen LogP contribution in [0.3, 0.4) is 0 Å². The van der Waals surface area contributed by atoms with Crippen LogP contribution in [0.25, 0.3) is 16.8 Å². The van der Waals surface area contributed by atoms with Gasteiger partial charge in [0.05, 0.1) is 10.7 Å². The molecule has 0 saturated heterocycles. The number of benzene rings is 1. The van der Waals surface area contributed by atoms with Crippen LogP contribution in [0.2, 0.25) is 0 Å². The Hall–Kier alpha value is -1.68. The molecular weight excluding hydrogens is 338 g/mol. The fraction of sp³-hybridized carbons (Fsp3) is 0.333. The molecule has 1 fully saturated rings. The lowest BCUT2D eigenvalue weighted by molar-refractivity contribution is 0.443. The Bertz CT molecular complexity index is 786. The van der Waals surface area contributed by atoms with Gasteiger partial charge in [0.1, 0.15) is 0 Å². The van der Waals surface area contributed by atoms with E-state index in [4.69, 9.17) is 0 Å². The van der Waals surface area contributed by atoms with Crippen molar-refractivity contribution >= 4 is 21.6 Å². The van der Waals surface area contributed by atoms with Crippen molar-refractivity contribution in [1.29, 1.82) is 0 Å². The van der Waals surface area contributed by atoms with Crippen molar-refractivity contribution in [3.8, 4) is 11.1 Å². The Balaban J connectivity index is 1.63. The van der Waals surface area contributed by atoms with Crippen molar-refractivity contribution < 1.29 is 0 Å². The minimum absolute atomic E-state index is 0.755. The number of aromatic nitrogens is 3. The van der Waals surface area contributed by atoms with E-state index in [1.807, 2.05) is 16.9 Å². The normalized spacial score (nSPS) is 16.2. The van der Waals surface area contributed by atoms with Gasteiger partial charge in [-0.25, -0.2) is 9.50 Å². The summed E-state index contributed by atoms with van der Waals surface area (Å²) in [5, 5.41) is 4.30. The van der Waals surface area contributed by atoms with E-state index < -0.39 is 0 Å². The molecule has 2 aromatic heterocycles. The molecule has 0 atom stereocenters. The monoisotopic (exact) mass is 355 g/mol. The summed E-state index contributed by atoms with van der Waals surface area (Å²) < 4.78 is 2.74. The standard InChI is InChI=1S/C18H18BrN3/c19-17-11-21-22-12-16(10-20-18(17)22)15-8-6-14(7-9-15)13-4-2-1-3-5-13/h6-13H,1-5H2. The van der Waals surface area contributed by atoms with Gasteiger partial charge in [-0.15, -0.1) is 0 Å². The largest absolute Gasteiger partial charge is 0.235 e. The fourth-order valence-corrected chi connectivity index (χ4v) is 3.75. The molecule has 0 N–H and O–H groups in total. The molecule has 0 amide bonds. The zero-order valence-electron chi connectivity index (χ0n) is 12.4. The molecule has 0 aliphatic heterocycles. The number of hydrogen-bond donors (Lipinski definition) is 0. The molecule has 2 heterocycles. The van der Waals surface area contributed by atoms with Gasteiger partial charge in [-0.05, 0) is 45.8 Å². The molecule has 4 heteroatoms. The highest BCUT2D eigenvalue weighted by molar-refractivity contribution is 9.10. The van der Waals surface area contributed by atoms with Gasteiger partial charge in [0, 0.05) is 18.0 Å². The molecule has 22 heavy (non-hydrogen) atoms. The van der Waals surface area contributed by atoms with Gasteiger partial charge < -0.3 is 0 Å². The highest BCUT2D eigenvalue weighted by atomic mass is 79.9. The average Bonchev–Trinajstić information content (AvgIpc) is 2.96. The maximum absolute atomic E-state index is 4.48. The van der Waals surface area contributed by atoms with Crippen LogP contribution in [0.1, 0.15) is 43.6 Å². The second-order valence-electron chi connectivity index (χ2n) is 6.06. The zero-order valence-corrected chi connectivity index (χ0v) is 14.0. The lowest BCUT2D eigenvalue weighted by atomic mass is 9.84. The van der Waals surface area contributed by atoms with Crippen LogP contribution in [-0.4, -0.2) is 14.6 Å². The third kappa shape index (κ3) is 2.56. The maximum atomic E-state index is 4.48. The first-order valence-electron chi connectivity index (χ1n) is 7.90. The lowest BCUT2D eigenvalue weighted by Crippen LogP contribution is -2.04. The van der Waals surface area contributed by atoms with Crippen molar-refractivity contribution in [3.63, 3.8) is 0 Å². The van der Waals surface area contributed by atoms with Crippen molar-refractivity contribution in [2.24, 2.45) is 0 Å². The Labute approximate surface area is 138 Å². The molecule has 0 bridgehead atoms. The molecular formula is C18H18BrN3. The van der Waals surface area contributed by atoms with Crippen LogP contribution in [-0.2, 0) is 0 Å². The summed E-state index contributed by atoms with van der Waals surface area (Å²) in [6.45, 7) is 0. The highest BCUT2D eigenvalue weighted by Crippen LogP contribution is 2.33. The Kier molecular flexibility index (Phi) is 3.70. The molecule has 3 nitrogen and oxygen atoms in total. The van der Waals surface area contributed by atoms with E-state index in [1.54, 1.807) is 6.20 Å². The summed E-state index contributed by atoms with van der Waals surface area (Å²) in [5.74, 6) is 0.755. The summed E-state index contributed by atoms with van der Waals surface area (Å²) in [6, 6.07) is 9.00. The first-order valence-corrected chi connectivity index (χ1v) is 8.70. The molecule has 0 unspecified atom stereocenters. The first-order chi connectivity index (χ1) is 10.8. The van der Waals surface area contributed by atoms with E-state index in [0.29, 0.717) is 0 Å². The summed E-state index contributed by atoms with van der Waals surface area (Å²) in [6.07, 6.45) is 12.6. The minimum atomic E-state index is 0.755. The van der Waals surface area contributed by atoms with E-state index in [2.05, 4.69) is 50.3 Å². The van der Waals surface area contributed by atoms with E-state index >= 15 is 0 Å². The Morgan fingerprint density at radius 2 is 1.73 bits per heavy atom. The van der Waals surface area contributed by atoms with Crippen molar-refractivity contribution in [2.45, 2.75) is 38.0 Å². The second kappa shape index (κ2) is 5.84. The van der Waals surface area contributed by atoms with Crippen LogP contribution in [0.5, 0.6) is 0 Å². The van der Waals surface area contributed by atoms with Gasteiger partial charge in [-0.2, -0.15) is 5.10 Å². The molecule has 1 aliphatic rings. The van der Waals surface area contributed by atoms with Gasteiger partial charge in [-0.1, -0.05) is 43.5 Å². The molecule has 4 rings (SSSR count). The topological polar surface area (TPSA) is 30.2 Å². The SMILES string of the molecule is Brc1cnn2cc(-c3ccc(C4CCCCC4)cc3)cnc12. The van der Waals surface area contributed by atoms with E-state index in [0.717, 1.165) is 21.6 Å². The molecule has 1 aromatic carbocycles. The lowest BCUT2D eigenvalue weighted by Gasteiger charge is -2.22. The maximum Gasteiger partial charge on any atom is 0.169 e. The van der Waals surface area contributed by atoms with E-state index in [9.17, 15) is 0 Å². The van der Waals surface area contributed by atoms with Crippen LogP contribution >= 0.6 is 15.9 Å². The minimum Gasteiger partial charge on any atom is -0.235 e. The zero-order chi connectivity index (χ0) is 14.9. The summed E-state index contributed by atoms with van der Waals surface area (Å²) in [5.41, 5.74) is 4.63. The third-order valence-corrected chi connectivity index (χ3v) is 5.19. The molecule has 1 saturated carbocycles. The first kappa shape index (κ1) is 13.9. The Morgan fingerprint density at radius 1 is 0.955 bits per heavy atom. The predicted molar refractivity (Wildman–Crippen MR) is 91.9 cm³/mol. The molecule has 1 aliphatic carbocycles. The fourth-order valence-electron chi connectivity index (χ4n) is 3.38. The van der Waals surface area contributed by atoms with E-state index in [1.165, 1.54) is 43.2 Å². The molecule has 112 valence electrons. The van der Waals surface area contributed by atoms with E-state index in [-0.39, 0.29) is 0 Å². The number of hydrogen-bond acceptors (Lipinski definition) is 2. The van der Waals surface area contributed by atoms with Gasteiger partial charge in [0.15, 0.2) is 5.65 Å². The van der Waals surface area contributed by atoms with Gasteiger partial charge in [0.2, 0.25) is 0 Å². The molecule has 0 spiro atoms. The van der Waals surface area contributed by atoms with Gasteiger partial charge in [0.25, 0.3) is 0 Å². The summed E-state index contributed by atoms with van der Waals surface area (Å²) >= 11 is 3.46. The quantitative estimate of drug-likeness (QED) is 0.631. The van der Waals surface area contributed by atoms with Crippen molar-refractivity contribution in [2.75, 3.05) is 0 Å². The van der Waals surface area contributed by atoms with Gasteiger partial charge in [-0.3, -0.25) is 0 Å². The van der Waals surface area contributed by atoms with Crippen LogP contribution < -0.4 is 0 Å². The molecule has 0 radical (unpaired) electrons. The average molecular weight is 356 g/mol.